The van der Waals surface area contributed by atoms with Crippen molar-refractivity contribution in [1.29, 1.82) is 0 Å². The van der Waals surface area contributed by atoms with Crippen molar-refractivity contribution in [2.75, 3.05) is 5.32 Å². The summed E-state index contributed by atoms with van der Waals surface area (Å²) in [7, 11) is 0. The Balaban J connectivity index is 1.86. The molecule has 0 fully saturated rings. The second-order valence-corrected chi connectivity index (χ2v) is 4.45. The topological polar surface area (TPSA) is 83.5 Å². The Hall–Kier alpha value is -2.76. The third kappa shape index (κ3) is 2.35. The van der Waals surface area contributed by atoms with Gasteiger partial charge in [0.1, 0.15) is 5.71 Å². The minimum Gasteiger partial charge on any atom is -0.320 e. The lowest BCUT2D eigenvalue weighted by molar-refractivity contribution is -0.121. The molecule has 0 unspecified atom stereocenters. The van der Waals surface area contributed by atoms with Gasteiger partial charge in [-0.05, 0) is 12.1 Å². The highest BCUT2D eigenvalue weighted by Gasteiger charge is 2.18. The number of aromatic nitrogens is 1. The summed E-state index contributed by atoms with van der Waals surface area (Å²) < 4.78 is 0. The Kier molecular flexibility index (Phi) is 3.12. The highest BCUT2D eigenvalue weighted by molar-refractivity contribution is 6.44. The number of pyridine rings is 1. The van der Waals surface area contributed by atoms with Crippen LogP contribution in [0.4, 0.5) is 5.69 Å². The van der Waals surface area contributed by atoms with E-state index in [0.29, 0.717) is 17.8 Å². The van der Waals surface area contributed by atoms with E-state index in [9.17, 15) is 9.59 Å². The first-order valence-corrected chi connectivity index (χ1v) is 6.23. The molecule has 0 atom stereocenters. The van der Waals surface area contributed by atoms with Gasteiger partial charge in [0.25, 0.3) is 5.91 Å². The van der Waals surface area contributed by atoms with Gasteiger partial charge in [-0.25, -0.2) is 5.43 Å². The molecule has 20 heavy (non-hydrogen) atoms. The normalized spacial score (nSPS) is 14.6. The van der Waals surface area contributed by atoms with Crippen LogP contribution in [0, 0.1) is 0 Å². The van der Waals surface area contributed by atoms with Gasteiger partial charge < -0.3 is 5.32 Å². The van der Waals surface area contributed by atoms with Crippen molar-refractivity contribution in [1.82, 2.24) is 10.4 Å². The number of amides is 2. The first-order chi connectivity index (χ1) is 9.74. The van der Waals surface area contributed by atoms with E-state index in [0.717, 1.165) is 10.8 Å². The van der Waals surface area contributed by atoms with Gasteiger partial charge in [-0.3, -0.25) is 14.6 Å². The van der Waals surface area contributed by atoms with Crippen molar-refractivity contribution in [2.24, 2.45) is 5.10 Å². The van der Waals surface area contributed by atoms with Crippen molar-refractivity contribution in [2.45, 2.75) is 12.8 Å². The second kappa shape index (κ2) is 5.08. The Morgan fingerprint density at radius 3 is 2.95 bits per heavy atom. The predicted molar refractivity (Wildman–Crippen MR) is 75.2 cm³/mol. The molecule has 0 radical (unpaired) electrons. The van der Waals surface area contributed by atoms with Crippen molar-refractivity contribution >= 4 is 34.0 Å². The van der Waals surface area contributed by atoms with Crippen molar-refractivity contribution in [3.05, 3.63) is 36.7 Å². The summed E-state index contributed by atoms with van der Waals surface area (Å²) in [5, 5.41) is 8.46. The lowest BCUT2D eigenvalue weighted by Gasteiger charge is -2.13. The zero-order chi connectivity index (χ0) is 13.9. The number of benzene rings is 1. The maximum atomic E-state index is 12.1. The second-order valence-electron chi connectivity index (χ2n) is 4.45. The zero-order valence-electron chi connectivity index (χ0n) is 10.6. The van der Waals surface area contributed by atoms with Crippen molar-refractivity contribution in [3.63, 3.8) is 0 Å². The minimum absolute atomic E-state index is 0.169. The molecule has 2 N–H and O–H groups in total. The number of hydrogen-bond donors (Lipinski definition) is 2. The number of nitrogens with zero attached hydrogens (tertiary/aromatic N) is 2. The maximum absolute atomic E-state index is 12.1. The number of anilines is 1. The van der Waals surface area contributed by atoms with Crippen LogP contribution in [0.3, 0.4) is 0 Å². The largest absolute Gasteiger partial charge is 0.320 e. The molecule has 3 rings (SSSR count). The van der Waals surface area contributed by atoms with Crippen molar-refractivity contribution in [3.8, 4) is 0 Å². The van der Waals surface area contributed by atoms with Crippen LogP contribution in [0.15, 0.2) is 41.8 Å². The van der Waals surface area contributed by atoms with Crippen LogP contribution in [-0.4, -0.2) is 22.5 Å². The molecule has 1 aliphatic rings. The number of carbonyl (C=O) groups excluding carboxylic acids is 2. The zero-order valence-corrected chi connectivity index (χ0v) is 10.6. The molecule has 2 amide bonds. The fraction of sp³-hybridized carbons (Fsp3) is 0.143. The lowest BCUT2D eigenvalue weighted by Crippen LogP contribution is -2.32. The van der Waals surface area contributed by atoms with Gasteiger partial charge in [0, 0.05) is 41.7 Å². The Morgan fingerprint density at radius 1 is 1.25 bits per heavy atom. The smallest absolute Gasteiger partial charge is 0.271 e. The maximum Gasteiger partial charge on any atom is 0.271 e. The molecule has 6 heteroatoms. The summed E-state index contributed by atoms with van der Waals surface area (Å²) >= 11 is 0. The van der Waals surface area contributed by atoms with E-state index < -0.39 is 0 Å². The number of hydrazone groups is 1. The van der Waals surface area contributed by atoms with E-state index in [-0.39, 0.29) is 18.2 Å². The van der Waals surface area contributed by atoms with Crippen LogP contribution in [0.1, 0.15) is 12.8 Å². The number of nitrogens with one attached hydrogen (secondary N) is 2. The first-order valence-electron chi connectivity index (χ1n) is 6.23. The molecule has 2 aromatic rings. The molecule has 100 valence electrons. The van der Waals surface area contributed by atoms with Crippen LogP contribution in [0.2, 0.25) is 0 Å². The van der Waals surface area contributed by atoms with Crippen LogP contribution < -0.4 is 10.7 Å². The first kappa shape index (κ1) is 12.3. The molecule has 0 saturated carbocycles. The highest BCUT2D eigenvalue weighted by atomic mass is 16.2. The summed E-state index contributed by atoms with van der Waals surface area (Å²) in [5.41, 5.74) is 3.35. The van der Waals surface area contributed by atoms with E-state index in [1.54, 1.807) is 12.4 Å². The standard InChI is InChI=1S/C14H12N4O2/c19-13-5-4-12(17-18-13)14(20)16-11-3-1-2-9-8-15-7-6-10(9)11/h1-3,6-8H,4-5H2,(H,16,20)(H,18,19). The number of carbonyl (C=O) groups is 2. The lowest BCUT2D eigenvalue weighted by atomic mass is 10.1. The molecule has 0 aliphatic carbocycles. The van der Waals surface area contributed by atoms with Crippen LogP contribution in [-0.2, 0) is 9.59 Å². The fourth-order valence-corrected chi connectivity index (χ4v) is 2.06. The summed E-state index contributed by atoms with van der Waals surface area (Å²) in [4.78, 5) is 27.2. The highest BCUT2D eigenvalue weighted by Crippen LogP contribution is 2.22. The van der Waals surface area contributed by atoms with Crippen molar-refractivity contribution < 1.29 is 9.59 Å². The van der Waals surface area contributed by atoms with Gasteiger partial charge in [-0.1, -0.05) is 12.1 Å². The summed E-state index contributed by atoms with van der Waals surface area (Å²) in [6, 6.07) is 7.44. The van der Waals surface area contributed by atoms with E-state index in [2.05, 4.69) is 20.8 Å². The van der Waals surface area contributed by atoms with Crippen LogP contribution in [0.5, 0.6) is 0 Å². The number of rotatable bonds is 2. The monoisotopic (exact) mass is 268 g/mol. The van der Waals surface area contributed by atoms with Gasteiger partial charge in [0.15, 0.2) is 0 Å². The quantitative estimate of drug-likeness (QED) is 0.864. The summed E-state index contributed by atoms with van der Waals surface area (Å²) in [5.74, 6) is -0.466. The molecule has 6 nitrogen and oxygen atoms in total. The molecular weight excluding hydrogens is 256 g/mol. The molecule has 2 heterocycles. The van der Waals surface area contributed by atoms with E-state index in [1.165, 1.54) is 0 Å². The SMILES string of the molecule is O=C1CCC(C(=O)Nc2cccc3cnccc23)=NN1. The number of hydrogen-bond acceptors (Lipinski definition) is 4. The third-order valence-corrected chi connectivity index (χ3v) is 3.10. The van der Waals surface area contributed by atoms with E-state index in [4.69, 9.17) is 0 Å². The molecular formula is C14H12N4O2. The molecule has 0 spiro atoms. The number of fused-ring (bicyclic) bond motifs is 1. The van der Waals surface area contributed by atoms with E-state index in [1.807, 2.05) is 24.3 Å². The average Bonchev–Trinajstić information content (AvgIpc) is 2.48. The van der Waals surface area contributed by atoms with Crippen LogP contribution in [0.25, 0.3) is 10.8 Å². The van der Waals surface area contributed by atoms with E-state index >= 15 is 0 Å². The third-order valence-electron chi connectivity index (χ3n) is 3.10. The van der Waals surface area contributed by atoms with Gasteiger partial charge >= 0.3 is 0 Å². The Morgan fingerprint density at radius 2 is 2.15 bits per heavy atom. The van der Waals surface area contributed by atoms with Gasteiger partial charge in [-0.15, -0.1) is 0 Å². The fourth-order valence-electron chi connectivity index (χ4n) is 2.06. The molecule has 1 aliphatic heterocycles. The van der Waals surface area contributed by atoms with Gasteiger partial charge in [-0.2, -0.15) is 5.10 Å². The predicted octanol–water partition coefficient (Wildman–Crippen LogP) is 1.44. The molecule has 0 saturated heterocycles. The molecule has 1 aromatic carbocycles. The Labute approximate surface area is 114 Å². The summed E-state index contributed by atoms with van der Waals surface area (Å²) in [6.07, 6.45) is 4.05. The average molecular weight is 268 g/mol. The van der Waals surface area contributed by atoms with Gasteiger partial charge in [0.05, 0.1) is 0 Å². The van der Waals surface area contributed by atoms with Gasteiger partial charge in [0.2, 0.25) is 5.91 Å². The minimum atomic E-state index is -0.297. The molecule has 0 bridgehead atoms. The van der Waals surface area contributed by atoms with Crippen LogP contribution >= 0.6 is 0 Å². The summed E-state index contributed by atoms with van der Waals surface area (Å²) in [6.45, 7) is 0. The molecule has 1 aromatic heterocycles. The Bertz CT molecular complexity index is 719.